The van der Waals surface area contributed by atoms with Gasteiger partial charge in [0, 0.05) is 31.4 Å². The van der Waals surface area contributed by atoms with Crippen LogP contribution in [0.2, 0.25) is 0 Å². The van der Waals surface area contributed by atoms with Crippen LogP contribution in [0.1, 0.15) is 11.1 Å². The topological polar surface area (TPSA) is 102 Å². The van der Waals surface area contributed by atoms with Gasteiger partial charge in [0.15, 0.2) is 6.61 Å². The fraction of sp³-hybridized carbons (Fsp3) is 0.333. The molecule has 0 saturated carbocycles. The van der Waals surface area contributed by atoms with Crippen LogP contribution in [0.4, 0.5) is 5.69 Å². The van der Waals surface area contributed by atoms with Crippen LogP contribution in [0.25, 0.3) is 6.08 Å². The highest BCUT2D eigenvalue weighted by molar-refractivity contribution is 7.89. The molecule has 2 aliphatic heterocycles. The van der Waals surface area contributed by atoms with Gasteiger partial charge in [0.25, 0.3) is 5.91 Å². The highest BCUT2D eigenvalue weighted by Crippen LogP contribution is 2.29. The molecule has 2 heterocycles. The average Bonchev–Trinajstić information content (AvgIpc) is 3.30. The third kappa shape index (κ3) is 5.14. The maximum atomic E-state index is 13.1. The smallest absolute Gasteiger partial charge is 0.331 e. The summed E-state index contributed by atoms with van der Waals surface area (Å²) in [6.45, 7) is 1.35. The number of carbonyl (C=O) groups is 2. The van der Waals surface area contributed by atoms with Gasteiger partial charge in [0.05, 0.1) is 20.3 Å². The fourth-order valence-corrected chi connectivity index (χ4v) is 5.54. The molecule has 0 bridgehead atoms. The zero-order chi connectivity index (χ0) is 24.1. The van der Waals surface area contributed by atoms with Crippen molar-refractivity contribution in [3.05, 3.63) is 59.7 Å². The van der Waals surface area contributed by atoms with Gasteiger partial charge in [-0.15, -0.1) is 0 Å². The lowest BCUT2D eigenvalue weighted by molar-refractivity contribution is -0.142. The standard InChI is InChI=1S/C24H26N2O7S/c1-31-21-8-6-18(16-22(21)34(29,30)25-12-14-32-15-13-25)7-9-24(28)33-17-23(27)26-11-10-19-4-2-3-5-20(19)26/h2-9,16H,10-15,17H2,1H3/b9-7+. The van der Waals surface area contributed by atoms with Gasteiger partial charge < -0.3 is 19.1 Å². The molecule has 180 valence electrons. The number of rotatable bonds is 7. The Kier molecular flexibility index (Phi) is 7.30. The molecule has 9 nitrogen and oxygen atoms in total. The predicted molar refractivity (Wildman–Crippen MR) is 125 cm³/mol. The molecule has 0 unspecified atom stereocenters. The summed E-state index contributed by atoms with van der Waals surface area (Å²) < 4.78 is 43.1. The molecule has 1 saturated heterocycles. The molecule has 0 radical (unpaired) electrons. The number of amides is 1. The van der Waals surface area contributed by atoms with Crippen molar-refractivity contribution in [1.29, 1.82) is 0 Å². The van der Waals surface area contributed by atoms with Crippen LogP contribution in [0.5, 0.6) is 5.75 Å². The van der Waals surface area contributed by atoms with E-state index >= 15 is 0 Å². The number of para-hydroxylation sites is 1. The number of morpholine rings is 1. The Balaban J connectivity index is 1.41. The van der Waals surface area contributed by atoms with Crippen molar-refractivity contribution in [1.82, 2.24) is 4.31 Å². The molecule has 1 fully saturated rings. The minimum Gasteiger partial charge on any atom is -0.495 e. The van der Waals surface area contributed by atoms with Gasteiger partial charge in [-0.25, -0.2) is 13.2 Å². The van der Waals surface area contributed by atoms with Gasteiger partial charge in [-0.05, 0) is 41.8 Å². The lowest BCUT2D eigenvalue weighted by atomic mass is 10.2. The van der Waals surface area contributed by atoms with E-state index in [0.29, 0.717) is 25.3 Å². The van der Waals surface area contributed by atoms with Crippen LogP contribution in [0, 0.1) is 0 Å². The van der Waals surface area contributed by atoms with Gasteiger partial charge in [0.1, 0.15) is 10.6 Å². The first-order valence-corrected chi connectivity index (χ1v) is 12.3. The maximum Gasteiger partial charge on any atom is 0.331 e. The summed E-state index contributed by atoms with van der Waals surface area (Å²) in [6, 6.07) is 12.2. The second-order valence-corrected chi connectivity index (χ2v) is 9.70. The Morgan fingerprint density at radius 2 is 1.85 bits per heavy atom. The van der Waals surface area contributed by atoms with E-state index < -0.39 is 16.0 Å². The average molecular weight is 487 g/mol. The number of methoxy groups -OCH3 is 1. The first-order chi connectivity index (χ1) is 16.4. The van der Waals surface area contributed by atoms with Crippen molar-refractivity contribution in [2.45, 2.75) is 11.3 Å². The summed E-state index contributed by atoms with van der Waals surface area (Å²) >= 11 is 0. The zero-order valence-corrected chi connectivity index (χ0v) is 19.6. The van der Waals surface area contributed by atoms with Crippen LogP contribution >= 0.6 is 0 Å². The van der Waals surface area contributed by atoms with Gasteiger partial charge >= 0.3 is 5.97 Å². The minimum atomic E-state index is -3.79. The summed E-state index contributed by atoms with van der Waals surface area (Å²) in [7, 11) is -2.39. The molecular formula is C24H26N2O7S. The first-order valence-electron chi connectivity index (χ1n) is 10.9. The molecule has 0 atom stereocenters. The summed E-state index contributed by atoms with van der Waals surface area (Å²) in [5.41, 5.74) is 2.40. The van der Waals surface area contributed by atoms with Crippen LogP contribution in [-0.4, -0.2) is 71.2 Å². The number of fused-ring (bicyclic) bond motifs is 1. The van der Waals surface area contributed by atoms with Crippen molar-refractivity contribution >= 4 is 33.7 Å². The largest absolute Gasteiger partial charge is 0.495 e. The van der Waals surface area contributed by atoms with E-state index in [1.165, 1.54) is 29.6 Å². The fourth-order valence-electron chi connectivity index (χ4n) is 3.95. The maximum absolute atomic E-state index is 13.1. The molecule has 4 rings (SSSR count). The van der Waals surface area contributed by atoms with E-state index in [4.69, 9.17) is 14.2 Å². The Bertz CT molecular complexity index is 1200. The van der Waals surface area contributed by atoms with Crippen molar-refractivity contribution in [3.8, 4) is 5.75 Å². The van der Waals surface area contributed by atoms with Crippen LogP contribution in [0.15, 0.2) is 53.4 Å². The van der Waals surface area contributed by atoms with Gasteiger partial charge in [0.2, 0.25) is 10.0 Å². The van der Waals surface area contributed by atoms with E-state index in [1.54, 1.807) is 11.0 Å². The molecule has 0 N–H and O–H groups in total. The van der Waals surface area contributed by atoms with Crippen molar-refractivity contribution in [2.75, 3.05) is 51.5 Å². The number of sulfonamides is 1. The Hall–Kier alpha value is -3.21. The number of nitrogens with zero attached hydrogens (tertiary/aromatic N) is 2. The van der Waals surface area contributed by atoms with Gasteiger partial charge in [-0.2, -0.15) is 4.31 Å². The van der Waals surface area contributed by atoms with Crippen LogP contribution < -0.4 is 9.64 Å². The molecule has 0 aromatic heterocycles. The van der Waals surface area contributed by atoms with Gasteiger partial charge in [-0.1, -0.05) is 24.3 Å². The summed E-state index contributed by atoms with van der Waals surface area (Å²) in [6.07, 6.45) is 3.37. The number of ether oxygens (including phenoxy) is 3. The van der Waals surface area contributed by atoms with Gasteiger partial charge in [-0.3, -0.25) is 4.79 Å². The van der Waals surface area contributed by atoms with E-state index in [-0.39, 0.29) is 36.2 Å². The number of anilines is 1. The lowest BCUT2D eigenvalue weighted by Crippen LogP contribution is -2.40. The Morgan fingerprint density at radius 1 is 1.09 bits per heavy atom. The number of carbonyl (C=O) groups excluding carboxylic acids is 2. The van der Waals surface area contributed by atoms with Crippen molar-refractivity contribution in [3.63, 3.8) is 0 Å². The molecule has 2 aromatic carbocycles. The summed E-state index contributed by atoms with van der Waals surface area (Å²) in [5, 5.41) is 0. The van der Waals surface area contributed by atoms with E-state index in [9.17, 15) is 18.0 Å². The highest BCUT2D eigenvalue weighted by atomic mass is 32.2. The minimum absolute atomic E-state index is 0.00953. The molecule has 10 heteroatoms. The second kappa shape index (κ2) is 10.4. The van der Waals surface area contributed by atoms with Crippen LogP contribution in [-0.2, 0) is 35.5 Å². The van der Waals surface area contributed by atoms with E-state index in [0.717, 1.165) is 23.7 Å². The molecular weight excluding hydrogens is 460 g/mol. The summed E-state index contributed by atoms with van der Waals surface area (Å²) in [4.78, 5) is 26.3. The predicted octanol–water partition coefficient (Wildman–Crippen LogP) is 1.86. The molecule has 2 aliphatic rings. The summed E-state index contributed by atoms with van der Waals surface area (Å²) in [5.74, 6) is -0.785. The zero-order valence-electron chi connectivity index (χ0n) is 18.8. The molecule has 1 amide bonds. The monoisotopic (exact) mass is 486 g/mol. The SMILES string of the molecule is COc1ccc(/C=C/C(=O)OCC(=O)N2CCc3ccccc32)cc1S(=O)(=O)N1CCOCC1. The number of hydrogen-bond acceptors (Lipinski definition) is 7. The molecule has 34 heavy (non-hydrogen) atoms. The quantitative estimate of drug-likeness (QED) is 0.435. The van der Waals surface area contributed by atoms with Crippen molar-refractivity contribution in [2.24, 2.45) is 0 Å². The lowest BCUT2D eigenvalue weighted by Gasteiger charge is -2.26. The third-order valence-electron chi connectivity index (χ3n) is 5.71. The Labute approximate surface area is 198 Å². The highest BCUT2D eigenvalue weighted by Gasteiger charge is 2.29. The number of hydrogen-bond donors (Lipinski definition) is 0. The third-order valence-corrected chi connectivity index (χ3v) is 7.63. The molecule has 0 aliphatic carbocycles. The van der Waals surface area contributed by atoms with E-state index in [1.807, 2.05) is 24.3 Å². The molecule has 2 aromatic rings. The van der Waals surface area contributed by atoms with E-state index in [2.05, 4.69) is 0 Å². The first kappa shape index (κ1) is 23.9. The van der Waals surface area contributed by atoms with Crippen LogP contribution in [0.3, 0.4) is 0 Å². The second-order valence-electron chi connectivity index (χ2n) is 7.79. The van der Waals surface area contributed by atoms with Crippen molar-refractivity contribution < 1.29 is 32.2 Å². The number of esters is 1. The molecule has 0 spiro atoms. The Morgan fingerprint density at radius 3 is 2.62 bits per heavy atom. The number of benzene rings is 2. The normalized spacial score (nSPS) is 16.4.